The molecule has 2 fully saturated rings. The molecule has 2 aliphatic heterocycles. The molecule has 3 rings (SSSR count). The molecule has 8 nitrogen and oxygen atoms in total. The van der Waals surface area contributed by atoms with Crippen LogP contribution in [0.3, 0.4) is 0 Å². The van der Waals surface area contributed by atoms with Crippen LogP contribution in [0.4, 0.5) is 0 Å². The minimum atomic E-state index is -3.46. The van der Waals surface area contributed by atoms with Gasteiger partial charge in [0.15, 0.2) is 5.96 Å². The van der Waals surface area contributed by atoms with Crippen LogP contribution in [0.2, 0.25) is 0 Å². The van der Waals surface area contributed by atoms with Gasteiger partial charge in [0, 0.05) is 39.1 Å². The van der Waals surface area contributed by atoms with Crippen LogP contribution in [0.15, 0.2) is 34.2 Å². The Hall–Kier alpha value is -2.13. The first-order valence-electron chi connectivity index (χ1n) is 11.3. The number of benzene rings is 1. The second kappa shape index (κ2) is 10.9. The molecule has 1 aromatic rings. The maximum atomic E-state index is 13.0. The van der Waals surface area contributed by atoms with Crippen molar-refractivity contribution in [2.24, 2.45) is 16.6 Å². The van der Waals surface area contributed by atoms with Crippen molar-refractivity contribution >= 4 is 21.9 Å². The summed E-state index contributed by atoms with van der Waals surface area (Å²) in [5.74, 6) is 0.773. The number of guanidine groups is 1. The van der Waals surface area contributed by atoms with Crippen LogP contribution in [0.5, 0.6) is 0 Å². The minimum absolute atomic E-state index is 0.244. The van der Waals surface area contributed by atoms with Crippen LogP contribution in [0, 0.1) is 5.92 Å². The zero-order valence-corrected chi connectivity index (χ0v) is 19.2. The number of carbonyl (C=O) groups excluding carboxylic acids is 1. The third-order valence-corrected chi connectivity index (χ3v) is 7.80. The molecule has 31 heavy (non-hydrogen) atoms. The lowest BCUT2D eigenvalue weighted by Crippen LogP contribution is -2.47. The number of aliphatic imine (C=N–C) groups is 1. The van der Waals surface area contributed by atoms with Gasteiger partial charge in [-0.25, -0.2) is 13.4 Å². The van der Waals surface area contributed by atoms with Crippen molar-refractivity contribution in [2.45, 2.75) is 56.9 Å². The van der Waals surface area contributed by atoms with Crippen LogP contribution in [-0.2, 0) is 21.4 Å². The zero-order chi connectivity index (χ0) is 22.3. The molecule has 0 spiro atoms. The fraction of sp³-hybridized carbons (Fsp3) is 0.636. The summed E-state index contributed by atoms with van der Waals surface area (Å²) < 4.78 is 27.6. The fourth-order valence-corrected chi connectivity index (χ4v) is 5.95. The molecule has 2 saturated heterocycles. The zero-order valence-electron chi connectivity index (χ0n) is 18.4. The number of carbonyl (C=O) groups is 1. The van der Waals surface area contributed by atoms with Crippen molar-refractivity contribution in [3.63, 3.8) is 0 Å². The number of nitrogens with zero attached hydrogens (tertiary/aromatic N) is 3. The molecule has 1 atom stereocenters. The number of nitrogens with one attached hydrogen (secondary N) is 1. The molecule has 0 aliphatic carbocycles. The first-order chi connectivity index (χ1) is 14.9. The van der Waals surface area contributed by atoms with Crippen LogP contribution < -0.4 is 11.1 Å². The predicted octanol–water partition coefficient (Wildman–Crippen LogP) is 1.91. The number of amides is 1. The SMILES string of the molecule is CCNC(=NCc1cccc(S(=O)(=O)N2CCCCC2)c1)N1CCCC(CC(N)=O)C1. The highest BCUT2D eigenvalue weighted by Crippen LogP contribution is 2.22. The van der Waals surface area contributed by atoms with Gasteiger partial charge in [-0.2, -0.15) is 4.31 Å². The van der Waals surface area contributed by atoms with Gasteiger partial charge in [-0.15, -0.1) is 0 Å². The second-order valence-electron chi connectivity index (χ2n) is 8.41. The van der Waals surface area contributed by atoms with E-state index < -0.39 is 10.0 Å². The summed E-state index contributed by atoms with van der Waals surface area (Å²) in [6.45, 7) is 5.96. The second-order valence-corrected chi connectivity index (χ2v) is 10.3. The van der Waals surface area contributed by atoms with Crippen LogP contribution in [-0.4, -0.2) is 62.2 Å². The highest BCUT2D eigenvalue weighted by atomic mass is 32.2. The number of hydrogen-bond donors (Lipinski definition) is 2. The summed E-state index contributed by atoms with van der Waals surface area (Å²) in [5, 5.41) is 3.33. The van der Waals surface area contributed by atoms with E-state index in [1.165, 1.54) is 0 Å². The summed E-state index contributed by atoms with van der Waals surface area (Å²) >= 11 is 0. The molecule has 0 bridgehead atoms. The Morgan fingerprint density at radius 1 is 1.19 bits per heavy atom. The number of primary amides is 1. The van der Waals surface area contributed by atoms with Gasteiger partial charge in [0.1, 0.15) is 0 Å². The lowest BCUT2D eigenvalue weighted by Gasteiger charge is -2.34. The molecule has 0 saturated carbocycles. The van der Waals surface area contributed by atoms with E-state index in [-0.39, 0.29) is 11.8 Å². The highest BCUT2D eigenvalue weighted by molar-refractivity contribution is 7.89. The number of rotatable bonds is 7. The van der Waals surface area contributed by atoms with Crippen LogP contribution in [0.1, 0.15) is 51.0 Å². The average molecular weight is 450 g/mol. The quantitative estimate of drug-likeness (QED) is 0.488. The van der Waals surface area contributed by atoms with Crippen molar-refractivity contribution < 1.29 is 13.2 Å². The van der Waals surface area contributed by atoms with Gasteiger partial charge in [0.05, 0.1) is 11.4 Å². The normalized spacial score (nSPS) is 21.1. The molecule has 2 heterocycles. The lowest BCUT2D eigenvalue weighted by molar-refractivity contribution is -0.119. The first kappa shape index (κ1) is 23.5. The van der Waals surface area contributed by atoms with E-state index >= 15 is 0 Å². The Labute approximate surface area is 185 Å². The Bertz CT molecular complexity index is 881. The molecular weight excluding hydrogens is 414 g/mol. The predicted molar refractivity (Wildman–Crippen MR) is 122 cm³/mol. The molecule has 1 unspecified atom stereocenters. The van der Waals surface area contributed by atoms with E-state index in [1.807, 2.05) is 13.0 Å². The van der Waals surface area contributed by atoms with Gasteiger partial charge in [0.2, 0.25) is 15.9 Å². The van der Waals surface area contributed by atoms with Crippen molar-refractivity contribution in [3.8, 4) is 0 Å². The van der Waals surface area contributed by atoms with E-state index in [0.29, 0.717) is 31.0 Å². The topological polar surface area (TPSA) is 108 Å². The van der Waals surface area contributed by atoms with Gasteiger partial charge in [0.25, 0.3) is 0 Å². The van der Waals surface area contributed by atoms with Crippen molar-refractivity contribution in [3.05, 3.63) is 29.8 Å². The Balaban J connectivity index is 1.72. The van der Waals surface area contributed by atoms with E-state index in [2.05, 4.69) is 10.2 Å². The van der Waals surface area contributed by atoms with E-state index in [9.17, 15) is 13.2 Å². The largest absolute Gasteiger partial charge is 0.370 e. The van der Waals surface area contributed by atoms with Gasteiger partial charge in [-0.3, -0.25) is 4.79 Å². The summed E-state index contributed by atoms with van der Waals surface area (Å²) in [6.07, 6.45) is 5.31. The van der Waals surface area contributed by atoms with E-state index in [1.54, 1.807) is 22.5 Å². The first-order valence-corrected chi connectivity index (χ1v) is 12.7. The number of likely N-dealkylation sites (tertiary alicyclic amines) is 1. The third kappa shape index (κ3) is 6.43. The molecular formula is C22H35N5O3S. The van der Waals surface area contributed by atoms with Gasteiger partial charge in [-0.1, -0.05) is 18.6 Å². The van der Waals surface area contributed by atoms with Crippen molar-refractivity contribution in [1.82, 2.24) is 14.5 Å². The van der Waals surface area contributed by atoms with E-state index in [4.69, 9.17) is 10.7 Å². The van der Waals surface area contributed by atoms with Gasteiger partial charge >= 0.3 is 0 Å². The Morgan fingerprint density at radius 3 is 2.68 bits per heavy atom. The fourth-order valence-electron chi connectivity index (χ4n) is 4.36. The summed E-state index contributed by atoms with van der Waals surface area (Å²) in [6, 6.07) is 7.11. The molecule has 9 heteroatoms. The number of piperidine rings is 2. The van der Waals surface area contributed by atoms with Crippen LogP contribution >= 0.6 is 0 Å². The maximum Gasteiger partial charge on any atom is 0.243 e. The Morgan fingerprint density at radius 2 is 1.97 bits per heavy atom. The summed E-state index contributed by atoms with van der Waals surface area (Å²) in [7, 11) is -3.46. The van der Waals surface area contributed by atoms with Crippen molar-refractivity contribution in [2.75, 3.05) is 32.7 Å². The Kier molecular flexibility index (Phi) is 8.31. The number of sulfonamides is 1. The molecule has 0 radical (unpaired) electrons. The smallest absolute Gasteiger partial charge is 0.243 e. The maximum absolute atomic E-state index is 13.0. The molecule has 1 amide bonds. The third-order valence-electron chi connectivity index (χ3n) is 5.91. The molecule has 1 aromatic carbocycles. The standard InChI is InChI=1S/C22H35N5O3S/c1-2-24-22(26-11-7-9-19(17-26)15-21(23)28)25-16-18-8-6-10-20(14-18)31(29,30)27-12-4-3-5-13-27/h6,8,10,14,19H,2-5,7,9,11-13,15-17H2,1H3,(H2,23,28)(H,24,25). The minimum Gasteiger partial charge on any atom is -0.370 e. The van der Waals surface area contributed by atoms with E-state index in [0.717, 1.165) is 63.3 Å². The number of nitrogens with two attached hydrogens (primary N) is 1. The molecule has 2 aliphatic rings. The molecule has 172 valence electrons. The van der Waals surface area contributed by atoms with Gasteiger partial charge < -0.3 is 16.0 Å². The lowest BCUT2D eigenvalue weighted by atomic mass is 9.95. The molecule has 0 aromatic heterocycles. The average Bonchev–Trinajstić information content (AvgIpc) is 2.77. The molecule has 3 N–H and O–H groups in total. The monoisotopic (exact) mass is 449 g/mol. The van der Waals surface area contributed by atoms with Crippen LogP contribution in [0.25, 0.3) is 0 Å². The number of hydrogen-bond acceptors (Lipinski definition) is 4. The highest BCUT2D eigenvalue weighted by Gasteiger charge is 2.26. The van der Waals surface area contributed by atoms with Gasteiger partial charge in [-0.05, 0) is 56.2 Å². The summed E-state index contributed by atoms with van der Waals surface area (Å²) in [5.41, 5.74) is 6.25. The summed E-state index contributed by atoms with van der Waals surface area (Å²) in [4.78, 5) is 18.6. The van der Waals surface area contributed by atoms with Crippen molar-refractivity contribution in [1.29, 1.82) is 0 Å².